The number of aromatic amines is 1. The lowest BCUT2D eigenvalue weighted by atomic mass is 10.1. The van der Waals surface area contributed by atoms with Crippen LogP contribution in [0.2, 0.25) is 0 Å². The Morgan fingerprint density at radius 1 is 1.39 bits per heavy atom. The van der Waals surface area contributed by atoms with E-state index in [-0.39, 0.29) is 10.8 Å². The predicted octanol–water partition coefficient (Wildman–Crippen LogP) is 2.68. The topological polar surface area (TPSA) is 63.8 Å². The molecule has 0 fully saturated rings. The summed E-state index contributed by atoms with van der Waals surface area (Å²) in [7, 11) is 0. The SMILES string of the molecule is CC(N[S+]([O-])C(C)(C)C)c1cccc2[nH]ncc12. The van der Waals surface area contributed by atoms with Gasteiger partial charge in [-0.05, 0) is 39.3 Å². The average Bonchev–Trinajstić information content (AvgIpc) is 2.74. The molecule has 0 bridgehead atoms. The van der Waals surface area contributed by atoms with Crippen molar-refractivity contribution in [2.75, 3.05) is 0 Å². The molecule has 2 atom stereocenters. The number of hydrogen-bond acceptors (Lipinski definition) is 3. The van der Waals surface area contributed by atoms with Gasteiger partial charge in [-0.15, -0.1) is 4.72 Å². The van der Waals surface area contributed by atoms with Crippen LogP contribution in [0, 0.1) is 0 Å². The third-order valence-electron chi connectivity index (χ3n) is 2.83. The number of benzene rings is 1. The fraction of sp³-hybridized carbons (Fsp3) is 0.462. The zero-order valence-corrected chi connectivity index (χ0v) is 12.0. The molecule has 1 heterocycles. The lowest BCUT2D eigenvalue weighted by molar-refractivity contribution is 0.532. The van der Waals surface area contributed by atoms with Gasteiger partial charge in [0.25, 0.3) is 0 Å². The van der Waals surface area contributed by atoms with E-state index in [9.17, 15) is 4.55 Å². The molecule has 1 aromatic heterocycles. The van der Waals surface area contributed by atoms with E-state index in [2.05, 4.69) is 14.9 Å². The van der Waals surface area contributed by atoms with Crippen LogP contribution in [-0.4, -0.2) is 19.5 Å². The van der Waals surface area contributed by atoms with Crippen LogP contribution in [0.1, 0.15) is 39.3 Å². The minimum absolute atomic E-state index is 0.0198. The van der Waals surface area contributed by atoms with E-state index in [0.29, 0.717) is 0 Å². The van der Waals surface area contributed by atoms with Crippen molar-refractivity contribution in [1.29, 1.82) is 0 Å². The largest absolute Gasteiger partial charge is 0.598 e. The van der Waals surface area contributed by atoms with E-state index in [1.54, 1.807) is 0 Å². The Hall–Kier alpha value is -1.04. The van der Waals surface area contributed by atoms with E-state index >= 15 is 0 Å². The molecule has 0 saturated heterocycles. The summed E-state index contributed by atoms with van der Waals surface area (Å²) in [4.78, 5) is 0. The van der Waals surface area contributed by atoms with Gasteiger partial charge in [0.1, 0.15) is 4.75 Å². The minimum atomic E-state index is -1.08. The molecule has 5 heteroatoms. The third-order valence-corrected chi connectivity index (χ3v) is 4.51. The zero-order chi connectivity index (χ0) is 13.3. The first kappa shape index (κ1) is 13.4. The lowest BCUT2D eigenvalue weighted by Crippen LogP contribution is -2.40. The van der Waals surface area contributed by atoms with Gasteiger partial charge < -0.3 is 4.55 Å². The summed E-state index contributed by atoms with van der Waals surface area (Å²) < 4.78 is 15.0. The van der Waals surface area contributed by atoms with Crippen molar-refractivity contribution in [3.05, 3.63) is 30.0 Å². The van der Waals surface area contributed by atoms with E-state index < -0.39 is 11.4 Å². The van der Waals surface area contributed by atoms with Gasteiger partial charge in [0.05, 0.1) is 17.8 Å². The molecule has 1 aromatic carbocycles. The van der Waals surface area contributed by atoms with Crippen LogP contribution in [0.4, 0.5) is 0 Å². The van der Waals surface area contributed by atoms with Gasteiger partial charge in [-0.25, -0.2) is 0 Å². The molecule has 0 amide bonds. The number of H-pyrrole nitrogens is 1. The van der Waals surface area contributed by atoms with Crippen LogP contribution in [-0.2, 0) is 11.4 Å². The Morgan fingerprint density at radius 2 is 2.11 bits per heavy atom. The molecule has 2 unspecified atom stereocenters. The van der Waals surface area contributed by atoms with Gasteiger partial charge in [-0.2, -0.15) is 5.10 Å². The van der Waals surface area contributed by atoms with Gasteiger partial charge in [-0.1, -0.05) is 12.1 Å². The first-order valence-corrected chi connectivity index (χ1v) is 7.14. The van der Waals surface area contributed by atoms with Crippen molar-refractivity contribution in [3.8, 4) is 0 Å². The summed E-state index contributed by atoms with van der Waals surface area (Å²) in [6, 6.07) is 6.02. The molecule has 2 rings (SSSR count). The normalized spacial score (nSPS) is 15.8. The van der Waals surface area contributed by atoms with Gasteiger partial charge >= 0.3 is 0 Å². The van der Waals surface area contributed by atoms with Crippen molar-refractivity contribution in [3.63, 3.8) is 0 Å². The Labute approximate surface area is 110 Å². The number of fused-ring (bicyclic) bond motifs is 1. The smallest absolute Gasteiger partial charge is 0.136 e. The Morgan fingerprint density at radius 3 is 2.78 bits per heavy atom. The number of nitrogens with one attached hydrogen (secondary N) is 2. The fourth-order valence-electron chi connectivity index (χ4n) is 1.77. The van der Waals surface area contributed by atoms with Crippen LogP contribution in [0.15, 0.2) is 24.4 Å². The van der Waals surface area contributed by atoms with Gasteiger partial charge in [0, 0.05) is 16.7 Å². The molecule has 2 N–H and O–H groups in total. The minimum Gasteiger partial charge on any atom is -0.598 e. The van der Waals surface area contributed by atoms with Crippen molar-refractivity contribution < 1.29 is 4.55 Å². The van der Waals surface area contributed by atoms with E-state index in [4.69, 9.17) is 0 Å². The van der Waals surface area contributed by atoms with Crippen LogP contribution in [0.5, 0.6) is 0 Å². The third kappa shape index (κ3) is 2.68. The van der Waals surface area contributed by atoms with Gasteiger partial charge in [-0.3, -0.25) is 5.10 Å². The average molecular weight is 265 g/mol. The van der Waals surface area contributed by atoms with E-state index in [1.807, 2.05) is 52.1 Å². The highest BCUT2D eigenvalue weighted by molar-refractivity contribution is 7.90. The molecule has 0 aliphatic heterocycles. The second kappa shape index (κ2) is 4.91. The standard InChI is InChI=1S/C13H19N3OS/c1-9(16-18(17)13(2,3)4)10-6-5-7-12-11(10)8-14-15-12/h5-9,16H,1-4H3,(H,14,15). The zero-order valence-electron chi connectivity index (χ0n) is 11.2. The van der Waals surface area contributed by atoms with Crippen molar-refractivity contribution in [1.82, 2.24) is 14.9 Å². The summed E-state index contributed by atoms with van der Waals surface area (Å²) in [6.45, 7) is 7.90. The Bertz CT molecular complexity index is 532. The molecule has 0 spiro atoms. The molecule has 2 aromatic rings. The fourth-order valence-corrected chi connectivity index (χ4v) is 2.57. The van der Waals surface area contributed by atoms with Gasteiger partial charge in [0.2, 0.25) is 0 Å². The van der Waals surface area contributed by atoms with Crippen molar-refractivity contribution >= 4 is 22.3 Å². The van der Waals surface area contributed by atoms with Crippen molar-refractivity contribution in [2.24, 2.45) is 0 Å². The molecular formula is C13H19N3OS. The summed E-state index contributed by atoms with van der Waals surface area (Å²) >= 11 is -1.08. The second-order valence-corrected chi connectivity index (χ2v) is 7.40. The number of nitrogens with zero attached hydrogens (tertiary/aromatic N) is 1. The molecular weight excluding hydrogens is 246 g/mol. The number of aromatic nitrogens is 2. The molecule has 0 radical (unpaired) electrons. The Balaban J connectivity index is 2.23. The summed E-state index contributed by atoms with van der Waals surface area (Å²) in [5.41, 5.74) is 2.11. The maximum Gasteiger partial charge on any atom is 0.136 e. The second-order valence-electron chi connectivity index (χ2n) is 5.40. The van der Waals surface area contributed by atoms with E-state index in [1.165, 1.54) is 0 Å². The van der Waals surface area contributed by atoms with Crippen LogP contribution in [0.3, 0.4) is 0 Å². The highest BCUT2D eigenvalue weighted by Gasteiger charge is 2.28. The first-order valence-electron chi connectivity index (χ1n) is 5.99. The number of rotatable bonds is 3. The maximum absolute atomic E-state index is 12.1. The van der Waals surface area contributed by atoms with Crippen molar-refractivity contribution in [2.45, 2.75) is 38.5 Å². The molecule has 0 aliphatic rings. The highest BCUT2D eigenvalue weighted by atomic mass is 32.2. The monoisotopic (exact) mass is 265 g/mol. The maximum atomic E-state index is 12.1. The lowest BCUT2D eigenvalue weighted by Gasteiger charge is -2.26. The Kier molecular flexibility index (Phi) is 3.66. The van der Waals surface area contributed by atoms with Crippen LogP contribution < -0.4 is 4.72 Å². The molecule has 0 saturated carbocycles. The summed E-state index contributed by atoms with van der Waals surface area (Å²) in [5, 5.41) is 8.06. The first-order chi connectivity index (χ1) is 8.39. The molecule has 4 nitrogen and oxygen atoms in total. The van der Waals surface area contributed by atoms with Crippen LogP contribution >= 0.6 is 0 Å². The molecule has 18 heavy (non-hydrogen) atoms. The predicted molar refractivity (Wildman–Crippen MR) is 75.5 cm³/mol. The molecule has 98 valence electrons. The summed E-state index contributed by atoms with van der Waals surface area (Å²) in [5.74, 6) is 0. The summed E-state index contributed by atoms with van der Waals surface area (Å²) in [6.07, 6.45) is 1.81. The van der Waals surface area contributed by atoms with E-state index in [0.717, 1.165) is 16.5 Å². The quantitative estimate of drug-likeness (QED) is 0.839. The molecule has 0 aliphatic carbocycles. The number of hydrogen-bond donors (Lipinski definition) is 2. The highest BCUT2D eigenvalue weighted by Crippen LogP contribution is 2.25. The van der Waals surface area contributed by atoms with Gasteiger partial charge in [0.15, 0.2) is 0 Å². The van der Waals surface area contributed by atoms with Crippen LogP contribution in [0.25, 0.3) is 10.9 Å².